The number of amides is 1. The van der Waals surface area contributed by atoms with Crippen LogP contribution in [0.2, 0.25) is 0 Å². The van der Waals surface area contributed by atoms with Crippen molar-refractivity contribution in [2.75, 3.05) is 5.32 Å². The molecule has 38 heavy (non-hydrogen) atoms. The molecule has 2 aromatic carbocycles. The number of nitrogens with one attached hydrogen (secondary N) is 1. The van der Waals surface area contributed by atoms with Crippen LogP contribution in [0.15, 0.2) is 77.3 Å². The molecule has 0 radical (unpaired) electrons. The maximum atomic E-state index is 13.6. The molecule has 0 saturated heterocycles. The summed E-state index contributed by atoms with van der Waals surface area (Å²) in [6, 6.07) is 20.3. The van der Waals surface area contributed by atoms with Crippen molar-refractivity contribution in [3.63, 3.8) is 0 Å². The molecule has 0 heterocycles. The van der Waals surface area contributed by atoms with Gasteiger partial charge in [-0.3, -0.25) is 14.9 Å². The number of benzene rings is 2. The van der Waals surface area contributed by atoms with Crippen LogP contribution in [0, 0.1) is 24.0 Å². The summed E-state index contributed by atoms with van der Waals surface area (Å²) >= 11 is 3.38. The number of non-ortho nitro benzene ring substituents is 1. The number of carbonyl (C=O) groups is 2. The monoisotopic (exact) mass is 574 g/mol. The van der Waals surface area contributed by atoms with Crippen molar-refractivity contribution in [2.24, 2.45) is 0 Å². The van der Waals surface area contributed by atoms with Crippen LogP contribution in [0.25, 0.3) is 11.1 Å². The molecule has 1 unspecified atom stereocenters. The highest BCUT2D eigenvalue weighted by molar-refractivity contribution is 9.10. The number of nitro groups is 1. The molecular weight excluding hydrogens is 548 g/mol. The number of rotatable bonds is 7. The van der Waals surface area contributed by atoms with E-state index in [1.54, 1.807) is 24.3 Å². The van der Waals surface area contributed by atoms with E-state index < -0.39 is 22.9 Å². The first kappa shape index (κ1) is 27.0. The number of esters is 1. The normalized spacial score (nSPS) is 11.8. The fourth-order valence-electron chi connectivity index (χ4n) is 4.33. The van der Waals surface area contributed by atoms with Gasteiger partial charge in [0.2, 0.25) is 6.10 Å². The highest BCUT2D eigenvalue weighted by atomic mass is 79.9. The molecule has 0 spiro atoms. The van der Waals surface area contributed by atoms with Crippen molar-refractivity contribution < 1.29 is 19.2 Å². The van der Waals surface area contributed by atoms with E-state index in [0.717, 1.165) is 32.8 Å². The minimum atomic E-state index is -1.29. The summed E-state index contributed by atoms with van der Waals surface area (Å²) in [6.07, 6.45) is -1.29. The maximum Gasteiger partial charge on any atom is 0.339 e. The highest BCUT2D eigenvalue weighted by Crippen LogP contribution is 2.40. The Morgan fingerprint density at radius 3 is 2.26 bits per heavy atom. The third kappa shape index (κ3) is 5.75. The first-order valence-electron chi connectivity index (χ1n) is 12.1. The second-order valence-corrected chi connectivity index (χ2v) is 10.4. The smallest absolute Gasteiger partial charge is 0.339 e. The molecule has 0 aliphatic heterocycles. The van der Waals surface area contributed by atoms with Crippen molar-refractivity contribution in [3.05, 3.63) is 115 Å². The number of aryl methyl sites for hydroxylation is 2. The van der Waals surface area contributed by atoms with Crippen LogP contribution < -0.4 is 5.32 Å². The summed E-state index contributed by atoms with van der Waals surface area (Å²) in [5.74, 6) is -1.04. The Balaban J connectivity index is 1.69. The molecule has 7 nitrogen and oxygen atoms in total. The number of carbonyl (C=O) groups excluding carboxylic acids is 2. The Morgan fingerprint density at radius 1 is 0.921 bits per heavy atom. The van der Waals surface area contributed by atoms with Gasteiger partial charge in [0.15, 0.2) is 0 Å². The third-order valence-electron chi connectivity index (χ3n) is 6.41. The first-order chi connectivity index (χ1) is 18.0. The SMILES string of the molecule is Cc1cc(NC(=O)C(OC(=O)c2cccc([N+](=O)[O-])c2)c2ccc(Br)cc2)c2c(C)ccc(C(C)C)cc1-2. The predicted molar refractivity (Wildman–Crippen MR) is 151 cm³/mol. The van der Waals surface area contributed by atoms with Gasteiger partial charge >= 0.3 is 5.97 Å². The Bertz CT molecular complexity index is 1500. The third-order valence-corrected chi connectivity index (χ3v) is 6.94. The van der Waals surface area contributed by atoms with Crippen molar-refractivity contribution in [3.8, 4) is 11.1 Å². The molecule has 0 aromatic heterocycles. The van der Waals surface area contributed by atoms with E-state index in [2.05, 4.69) is 47.2 Å². The number of hydrogen-bond donors (Lipinski definition) is 1. The van der Waals surface area contributed by atoms with Crippen LogP contribution in [-0.2, 0) is 9.53 Å². The molecule has 8 heteroatoms. The van der Waals surface area contributed by atoms with Gasteiger partial charge < -0.3 is 10.1 Å². The zero-order valence-electron chi connectivity index (χ0n) is 21.4. The lowest BCUT2D eigenvalue weighted by Crippen LogP contribution is -2.26. The summed E-state index contributed by atoms with van der Waals surface area (Å²) in [7, 11) is 0. The van der Waals surface area contributed by atoms with Crippen LogP contribution in [0.5, 0.6) is 0 Å². The molecule has 1 amide bonds. The van der Waals surface area contributed by atoms with Gasteiger partial charge in [0, 0.05) is 33.4 Å². The number of ether oxygens (including phenoxy) is 1. The lowest BCUT2D eigenvalue weighted by Gasteiger charge is -2.19. The van der Waals surface area contributed by atoms with Crippen LogP contribution in [-0.4, -0.2) is 16.8 Å². The zero-order chi connectivity index (χ0) is 27.6. The quantitative estimate of drug-likeness (QED) is 0.138. The first-order valence-corrected chi connectivity index (χ1v) is 12.9. The van der Waals surface area contributed by atoms with Crippen molar-refractivity contribution in [1.82, 2.24) is 0 Å². The van der Waals surface area contributed by atoms with E-state index in [0.29, 0.717) is 17.2 Å². The minimum Gasteiger partial charge on any atom is -0.444 e. The number of anilines is 1. The number of hydrogen-bond acceptors (Lipinski definition) is 5. The van der Waals surface area contributed by atoms with Crippen molar-refractivity contribution in [1.29, 1.82) is 0 Å². The van der Waals surface area contributed by atoms with Crippen LogP contribution >= 0.6 is 15.9 Å². The van der Waals surface area contributed by atoms with Gasteiger partial charge in [0.05, 0.1) is 10.5 Å². The molecule has 0 fully saturated rings. The van der Waals surface area contributed by atoms with Gasteiger partial charge in [-0.2, -0.15) is 0 Å². The second kappa shape index (κ2) is 11.1. The largest absolute Gasteiger partial charge is 0.444 e. The van der Waals surface area contributed by atoms with Gasteiger partial charge in [-0.15, -0.1) is 0 Å². The van der Waals surface area contributed by atoms with Gasteiger partial charge in [0.1, 0.15) is 0 Å². The average Bonchev–Trinajstić information content (AvgIpc) is 3.06. The maximum absolute atomic E-state index is 13.6. The fraction of sp³-hybridized carbons (Fsp3) is 0.200. The van der Waals surface area contributed by atoms with E-state index >= 15 is 0 Å². The molecular formula is C30H27BrN2O5. The second-order valence-electron chi connectivity index (χ2n) is 9.48. The summed E-state index contributed by atoms with van der Waals surface area (Å²) in [5, 5.41) is 14.1. The summed E-state index contributed by atoms with van der Waals surface area (Å²) in [5.41, 5.74) is 5.99. The Kier molecular flexibility index (Phi) is 7.92. The van der Waals surface area contributed by atoms with Crippen LogP contribution in [0.4, 0.5) is 11.4 Å². The predicted octanol–water partition coefficient (Wildman–Crippen LogP) is 7.74. The van der Waals surface area contributed by atoms with E-state index in [1.807, 2.05) is 26.0 Å². The minimum absolute atomic E-state index is 0.0206. The van der Waals surface area contributed by atoms with Crippen LogP contribution in [0.1, 0.15) is 58.5 Å². The standard InChI is InChI=1S/C30H27BrN2O5/c1-17(2)21-9-8-18(3)27-25(16-21)19(4)14-26(27)32-29(34)28(20-10-12-23(31)13-11-20)38-30(35)22-6-5-7-24(15-22)33(36)37/h5-17,28H,1-4H3,(H,32,34). The molecule has 1 N–H and O–H groups in total. The Hall–Kier alpha value is -4.04. The zero-order valence-corrected chi connectivity index (χ0v) is 23.0. The lowest BCUT2D eigenvalue weighted by atomic mass is 10.0. The van der Waals surface area contributed by atoms with E-state index in [4.69, 9.17) is 4.74 Å². The molecule has 2 aliphatic carbocycles. The Morgan fingerprint density at radius 2 is 1.61 bits per heavy atom. The van der Waals surface area contributed by atoms with Gasteiger partial charge in [-0.05, 0) is 66.3 Å². The van der Waals surface area contributed by atoms with E-state index in [9.17, 15) is 19.7 Å². The molecule has 4 rings (SSSR count). The molecule has 2 aliphatic rings. The lowest BCUT2D eigenvalue weighted by molar-refractivity contribution is -0.384. The number of halogens is 1. The van der Waals surface area contributed by atoms with Gasteiger partial charge in [-0.25, -0.2) is 4.79 Å². The number of nitro benzene ring substituents is 1. The number of nitrogens with zero attached hydrogens (tertiary/aromatic N) is 1. The van der Waals surface area contributed by atoms with Crippen molar-refractivity contribution >= 4 is 39.2 Å². The van der Waals surface area contributed by atoms with Crippen LogP contribution in [0.3, 0.4) is 0 Å². The fourth-order valence-corrected chi connectivity index (χ4v) is 4.59. The molecule has 0 saturated carbocycles. The van der Waals surface area contributed by atoms with Gasteiger partial charge in [-0.1, -0.05) is 66.2 Å². The molecule has 194 valence electrons. The number of fused-ring (bicyclic) bond motifs is 1. The average molecular weight is 575 g/mol. The van der Waals surface area contributed by atoms with E-state index in [-0.39, 0.29) is 11.3 Å². The van der Waals surface area contributed by atoms with Crippen molar-refractivity contribution in [2.45, 2.75) is 39.7 Å². The molecule has 0 bridgehead atoms. The molecule has 2 aromatic rings. The topological polar surface area (TPSA) is 98.5 Å². The van der Waals surface area contributed by atoms with Gasteiger partial charge in [0.25, 0.3) is 11.6 Å². The summed E-state index contributed by atoms with van der Waals surface area (Å²) in [4.78, 5) is 37.2. The molecule has 1 atom stereocenters. The highest BCUT2D eigenvalue weighted by Gasteiger charge is 2.28. The summed E-state index contributed by atoms with van der Waals surface area (Å²) in [6.45, 7) is 8.26. The Labute approximate surface area is 229 Å². The van der Waals surface area contributed by atoms with E-state index in [1.165, 1.54) is 23.8 Å². The summed E-state index contributed by atoms with van der Waals surface area (Å²) < 4.78 is 6.46.